The molecular formula is C81H85BrCl2N4O20. The molecule has 0 fully saturated rings. The van der Waals surface area contributed by atoms with E-state index in [-0.39, 0.29) is 96.5 Å². The van der Waals surface area contributed by atoms with Crippen molar-refractivity contribution >= 4 is 70.1 Å². The molecule has 0 spiro atoms. The van der Waals surface area contributed by atoms with Gasteiger partial charge in [-0.25, -0.2) is 19.2 Å². The van der Waals surface area contributed by atoms with Crippen molar-refractivity contribution in [2.75, 3.05) is 7.05 Å². The van der Waals surface area contributed by atoms with Gasteiger partial charge in [0.2, 0.25) is 49.8 Å². The number of nitrogens with zero attached hydrogens (tertiary/aromatic N) is 3. The number of esters is 4. The highest BCUT2D eigenvalue weighted by Gasteiger charge is 2.20. The molecule has 0 radical (unpaired) electrons. The van der Waals surface area contributed by atoms with Crippen LogP contribution in [0.1, 0.15) is 128 Å². The van der Waals surface area contributed by atoms with Gasteiger partial charge in [0.15, 0.2) is 17.2 Å². The Labute approximate surface area is 644 Å². The number of aryl methyl sites for hydroxylation is 6. The minimum absolute atomic E-state index is 0. The van der Waals surface area contributed by atoms with Crippen molar-refractivity contribution in [2.24, 2.45) is 26.9 Å². The van der Waals surface area contributed by atoms with Gasteiger partial charge >= 0.3 is 23.9 Å². The number of halogens is 3. The Morgan fingerprint density at radius 2 is 0.583 bits per heavy atom. The van der Waals surface area contributed by atoms with Crippen molar-refractivity contribution in [3.05, 3.63) is 349 Å². The van der Waals surface area contributed by atoms with Crippen molar-refractivity contribution in [2.45, 2.75) is 80.1 Å². The molecule has 11 aromatic rings. The van der Waals surface area contributed by atoms with Crippen molar-refractivity contribution in [1.82, 2.24) is 13.7 Å². The average Bonchev–Trinajstić information content (AvgIpc) is 0.834. The monoisotopic (exact) mass is 1580 g/mol. The Balaban J connectivity index is 0.000000431. The molecule has 11 rings (SSSR count). The van der Waals surface area contributed by atoms with Crippen LogP contribution in [0.15, 0.2) is 267 Å². The van der Waals surface area contributed by atoms with E-state index in [9.17, 15) is 57.8 Å². The van der Waals surface area contributed by atoms with Crippen LogP contribution in [0.3, 0.4) is 0 Å². The predicted octanol–water partition coefficient (Wildman–Crippen LogP) is 13.4. The number of rotatable bonds is 15. The topological polar surface area (TPSA) is 345 Å². The molecule has 0 aliphatic carbocycles. The lowest BCUT2D eigenvalue weighted by atomic mass is 10.2. The summed E-state index contributed by atoms with van der Waals surface area (Å²) in [5.74, 6) is -1.33. The molecule has 0 bridgehead atoms. The summed E-state index contributed by atoms with van der Waals surface area (Å²) in [6.45, 7) is 11.2. The lowest BCUT2D eigenvalue weighted by Gasteiger charge is -2.11. The van der Waals surface area contributed by atoms with Crippen LogP contribution >= 0.6 is 41.0 Å². The highest BCUT2D eigenvalue weighted by Crippen LogP contribution is 2.20. The van der Waals surface area contributed by atoms with Crippen molar-refractivity contribution in [3.63, 3.8) is 0 Å². The molecule has 0 unspecified atom stereocenters. The number of hydrogen-bond acceptors (Lipinski definition) is 21. The summed E-state index contributed by atoms with van der Waals surface area (Å²) in [4.78, 5) is 127. The Morgan fingerprint density at radius 3 is 0.843 bits per heavy atom. The van der Waals surface area contributed by atoms with E-state index in [4.69, 9.17) is 48.9 Å². The Morgan fingerprint density at radius 1 is 0.343 bits per heavy atom. The minimum atomic E-state index is -0.566. The largest absolute Gasteiger partial charge is 0.503 e. The molecule has 0 saturated carbocycles. The predicted molar refractivity (Wildman–Crippen MR) is 419 cm³/mol. The molecule has 0 amide bonds. The smallest absolute Gasteiger partial charge is 0.343 e. The van der Waals surface area contributed by atoms with Crippen LogP contribution < -0.4 is 57.3 Å². The van der Waals surface area contributed by atoms with Gasteiger partial charge in [0, 0.05) is 101 Å². The van der Waals surface area contributed by atoms with Crippen LogP contribution in [0.4, 0.5) is 0 Å². The number of pyridine rings is 3. The molecule has 0 aliphatic rings. The summed E-state index contributed by atoms with van der Waals surface area (Å²) in [6.07, 6.45) is 12.2. The fraction of sp³-hybridized carbons (Fsp3) is 0.198. The number of aromatic nitrogens is 3. The molecule has 6 aromatic heterocycles. The molecule has 4 N–H and O–H groups in total. The molecule has 570 valence electrons. The third kappa shape index (κ3) is 28.4. The van der Waals surface area contributed by atoms with E-state index in [0.717, 1.165) is 0 Å². The summed E-state index contributed by atoms with van der Waals surface area (Å²) >= 11 is 5.16. The third-order valence-corrected chi connectivity index (χ3v) is 14.8. The van der Waals surface area contributed by atoms with E-state index in [1.54, 1.807) is 180 Å². The van der Waals surface area contributed by atoms with Gasteiger partial charge in [-0.05, 0) is 86.4 Å². The van der Waals surface area contributed by atoms with E-state index in [1.807, 2.05) is 66.9 Å². The van der Waals surface area contributed by atoms with Crippen LogP contribution in [0.25, 0.3) is 0 Å². The summed E-state index contributed by atoms with van der Waals surface area (Å²) in [7, 11) is 6.94. The maximum absolute atomic E-state index is 12.0. The molecule has 0 aliphatic heterocycles. The van der Waals surface area contributed by atoms with Crippen molar-refractivity contribution in [3.8, 4) is 34.5 Å². The molecule has 27 heteroatoms. The fourth-order valence-corrected chi connectivity index (χ4v) is 9.30. The number of ether oxygens (including phenoxy) is 4. The number of benzene rings is 5. The van der Waals surface area contributed by atoms with Gasteiger partial charge in [0.1, 0.15) is 17.3 Å². The van der Waals surface area contributed by atoms with Gasteiger partial charge in [0.05, 0.1) is 58.1 Å². The zero-order valence-corrected chi connectivity index (χ0v) is 64.2. The molecule has 6 heterocycles. The number of carbonyl (C=O) groups excluding carboxylic acids is 5. The van der Waals surface area contributed by atoms with Crippen LogP contribution in [0.5, 0.6) is 34.5 Å². The number of carbonyl (C=O) groups is 5. The van der Waals surface area contributed by atoms with Crippen LogP contribution in [0, 0.1) is 0 Å². The van der Waals surface area contributed by atoms with Crippen molar-refractivity contribution in [1.29, 1.82) is 0 Å². The molecule has 0 saturated heterocycles. The van der Waals surface area contributed by atoms with E-state index in [0.29, 0.717) is 101 Å². The third-order valence-electron chi connectivity index (χ3n) is 14.6. The SMILES string of the molecule is Br.CCc1c(O)c(=O)ccn1C.CCc1c(OC(=O)c2ccccc2)c(=O)ccn1C.CCc1c(OC(=O)c2ccccc2)c(=O)ccn1C.CCc1occc(=O)c1O.CCc1occc(=O)c1OC(=O)c1ccccc1.CCc1occc(=O)c1OC(=O)c1ccccc1.CN.Cl.O=C(Cl)c1ccccc1. The van der Waals surface area contributed by atoms with E-state index in [1.165, 1.54) is 62.2 Å². The number of aromatic hydroxyl groups is 2. The first-order valence-electron chi connectivity index (χ1n) is 33.1. The molecular weight excluding hydrogens is 1500 g/mol. The Hall–Kier alpha value is -12.0. The lowest BCUT2D eigenvalue weighted by Crippen LogP contribution is -2.19. The molecule has 0 atom stereocenters. The van der Waals surface area contributed by atoms with Gasteiger partial charge in [0.25, 0.3) is 5.24 Å². The number of nitrogens with two attached hydrogens (primary N) is 1. The second-order valence-electron chi connectivity index (χ2n) is 21.6. The Bertz CT molecular complexity index is 4800. The van der Waals surface area contributed by atoms with Crippen molar-refractivity contribution < 1.29 is 66.4 Å². The van der Waals surface area contributed by atoms with Gasteiger partial charge in [-0.1, -0.05) is 145 Å². The maximum atomic E-state index is 12.0. The van der Waals surface area contributed by atoms with E-state index < -0.39 is 29.1 Å². The number of hydrogen-bond donors (Lipinski definition) is 3. The zero-order valence-electron chi connectivity index (χ0n) is 61.0. The first-order chi connectivity index (χ1) is 50.9. The average molecular weight is 1590 g/mol. The van der Waals surface area contributed by atoms with Gasteiger partial charge < -0.3 is 61.8 Å². The Kier molecular flexibility index (Phi) is 41.7. The van der Waals surface area contributed by atoms with E-state index in [2.05, 4.69) is 5.73 Å². The van der Waals surface area contributed by atoms with E-state index >= 15 is 0 Å². The van der Waals surface area contributed by atoms with Gasteiger partial charge in [-0.3, -0.25) is 33.6 Å². The van der Waals surface area contributed by atoms with Gasteiger partial charge in [-0.15, -0.1) is 29.4 Å². The molecule has 5 aromatic carbocycles. The quantitative estimate of drug-likeness (QED) is 0.0634. The second kappa shape index (κ2) is 48.9. The lowest BCUT2D eigenvalue weighted by molar-refractivity contribution is 0.0717. The first-order valence-corrected chi connectivity index (χ1v) is 33.5. The summed E-state index contributed by atoms with van der Waals surface area (Å²) in [5, 5.41) is 17.8. The van der Waals surface area contributed by atoms with Gasteiger partial charge in [-0.2, -0.15) is 0 Å². The molecule has 24 nitrogen and oxygen atoms in total. The summed E-state index contributed by atoms with van der Waals surface area (Å²) in [5.41, 5.74) is 6.80. The fourth-order valence-electron chi connectivity index (χ4n) is 9.17. The van der Waals surface area contributed by atoms with Crippen LogP contribution in [-0.4, -0.2) is 60.1 Å². The van der Waals surface area contributed by atoms with Crippen LogP contribution in [-0.2, 0) is 59.7 Å². The zero-order chi connectivity index (χ0) is 78.3. The summed E-state index contributed by atoms with van der Waals surface area (Å²) < 4.78 is 41.2. The van der Waals surface area contributed by atoms with Crippen LogP contribution in [0.2, 0.25) is 0 Å². The standard InChI is InChI=1S/2C15H15NO3.2C14H12O4.C8H11NO2.C7H5ClO.C7H8O3.CH5N.BrH.ClH/c2*1-3-12-14(13(17)9-10-16(12)2)19-15(18)11-7-5-4-6-8-11;2*1-2-12-13(11(15)8-9-17-12)18-14(16)10-6-4-3-5-7-10;1-3-6-8(11)7(10)4-5-9(6)2;8-7(9)6-4-2-1-3-5-6;1-2-6-7(9)5(8)3-4-10-6;1-2;;/h2*4-10H,3H2,1-2H3;2*3-9H,2H2,1H3;4-5,11H,3H2,1-2H3;1-5H;3-4,9H,2H2,1H3;2H2,1H3;2*1H. The highest BCUT2D eigenvalue weighted by molar-refractivity contribution is 8.93. The first kappa shape index (κ1) is 92.1. The normalized spacial score (nSPS) is 9.67. The molecule has 108 heavy (non-hydrogen) atoms. The maximum Gasteiger partial charge on any atom is 0.343 e. The summed E-state index contributed by atoms with van der Waals surface area (Å²) in [6, 6.07) is 50.8. The highest BCUT2D eigenvalue weighted by atomic mass is 79.9. The second-order valence-corrected chi connectivity index (χ2v) is 22.0. The minimum Gasteiger partial charge on any atom is -0.503 e.